The van der Waals surface area contributed by atoms with Crippen molar-refractivity contribution in [1.29, 1.82) is 0 Å². The number of rotatable bonds is 1. The number of hydrogen-bond donors (Lipinski definition) is 2. The van der Waals surface area contributed by atoms with Gasteiger partial charge in [0.15, 0.2) is 5.78 Å². The number of H-pyrrole nitrogens is 1. The molecule has 0 radical (unpaired) electrons. The number of aromatic nitrogens is 1. The van der Waals surface area contributed by atoms with Crippen molar-refractivity contribution in [1.82, 2.24) is 10.3 Å². The fourth-order valence-electron chi connectivity index (χ4n) is 4.43. The summed E-state index contributed by atoms with van der Waals surface area (Å²) in [4.78, 5) is 28.8. The van der Waals surface area contributed by atoms with Crippen LogP contribution in [0, 0.1) is 11.8 Å². The molecule has 2 bridgehead atoms. The highest BCUT2D eigenvalue weighted by Gasteiger charge is 2.44. The third-order valence-corrected chi connectivity index (χ3v) is 5.68. The van der Waals surface area contributed by atoms with Gasteiger partial charge in [0.2, 0.25) is 0 Å². The lowest BCUT2D eigenvalue weighted by Crippen LogP contribution is -2.53. The van der Waals surface area contributed by atoms with Crippen molar-refractivity contribution in [2.24, 2.45) is 11.8 Å². The van der Waals surface area contributed by atoms with Gasteiger partial charge in [-0.05, 0) is 25.0 Å². The summed E-state index contributed by atoms with van der Waals surface area (Å²) in [5.41, 5.74) is 3.78. The van der Waals surface area contributed by atoms with Crippen LogP contribution in [0.25, 0.3) is 10.9 Å². The second-order valence-electron chi connectivity index (χ2n) is 6.86. The molecule has 1 fully saturated rings. The molecule has 2 N–H and O–H groups in total. The number of ketones is 1. The molecule has 3 atom stereocenters. The first kappa shape index (κ1) is 16.1. The van der Waals surface area contributed by atoms with Gasteiger partial charge in [-0.1, -0.05) is 29.8 Å². The van der Waals surface area contributed by atoms with Gasteiger partial charge < -0.3 is 15.0 Å². The lowest BCUT2D eigenvalue weighted by molar-refractivity contribution is -0.148. The minimum absolute atomic E-state index is 0.0350. The van der Waals surface area contributed by atoms with Crippen LogP contribution in [0.1, 0.15) is 29.4 Å². The number of ether oxygens (including phenoxy) is 1. The Hall–Kier alpha value is -2.40. The highest BCUT2D eigenvalue weighted by atomic mass is 16.5. The van der Waals surface area contributed by atoms with Gasteiger partial charge in [0.05, 0.1) is 18.7 Å². The molecule has 0 spiro atoms. The largest absolute Gasteiger partial charge is 0.469 e. The lowest BCUT2D eigenvalue weighted by Gasteiger charge is -2.40. The van der Waals surface area contributed by atoms with E-state index in [0.717, 1.165) is 22.0 Å². The molecule has 2 aromatic rings. The van der Waals surface area contributed by atoms with Crippen molar-refractivity contribution >= 4 is 22.7 Å². The van der Waals surface area contributed by atoms with E-state index in [4.69, 9.17) is 4.74 Å². The molecule has 1 aliphatic heterocycles. The monoisotopic (exact) mass is 338 g/mol. The molecule has 25 heavy (non-hydrogen) atoms. The summed E-state index contributed by atoms with van der Waals surface area (Å²) < 4.78 is 5.08. The zero-order chi connectivity index (χ0) is 17.6. The predicted molar refractivity (Wildman–Crippen MR) is 95.5 cm³/mol. The van der Waals surface area contributed by atoms with Crippen molar-refractivity contribution in [2.75, 3.05) is 13.7 Å². The fourth-order valence-corrected chi connectivity index (χ4v) is 4.43. The Kier molecular flexibility index (Phi) is 3.96. The Balaban J connectivity index is 1.87. The van der Waals surface area contributed by atoms with Crippen LogP contribution in [-0.2, 0) is 16.0 Å². The molecule has 0 unspecified atom stereocenters. The summed E-state index contributed by atoms with van der Waals surface area (Å²) in [6.45, 7) is 2.67. The number of Topliss-reactive ketones (excluding diaryl/α,β-unsaturated/α-hetero) is 1. The number of hydrogen-bond acceptors (Lipinski definition) is 4. The molecule has 5 nitrogen and oxygen atoms in total. The number of fused-ring (bicyclic) bond motifs is 5. The third-order valence-electron chi connectivity index (χ3n) is 5.68. The summed E-state index contributed by atoms with van der Waals surface area (Å²) in [5.74, 6) is -0.603. The SMILES string of the molecule is C/C=C1\CN[C@H]2Cc3c([nH]c4ccccc34)C(=O)C[C@@H]1[C@H]2C(=O)OC. The number of methoxy groups -OCH3 is 1. The van der Waals surface area contributed by atoms with Crippen LogP contribution in [0.3, 0.4) is 0 Å². The molecule has 1 aromatic carbocycles. The normalized spacial score (nSPS) is 27.7. The van der Waals surface area contributed by atoms with E-state index in [2.05, 4.69) is 10.3 Å². The molecule has 2 aliphatic rings. The van der Waals surface area contributed by atoms with Gasteiger partial charge >= 0.3 is 5.97 Å². The van der Waals surface area contributed by atoms with Crippen molar-refractivity contribution < 1.29 is 14.3 Å². The van der Waals surface area contributed by atoms with Crippen molar-refractivity contribution in [3.63, 3.8) is 0 Å². The molecular weight excluding hydrogens is 316 g/mol. The molecular formula is C20H22N2O3. The first-order valence-corrected chi connectivity index (χ1v) is 8.73. The highest BCUT2D eigenvalue weighted by molar-refractivity contribution is 6.03. The number of allylic oxidation sites excluding steroid dienone is 1. The fraction of sp³-hybridized carbons (Fsp3) is 0.400. The molecule has 1 aromatic heterocycles. The van der Waals surface area contributed by atoms with E-state index in [0.29, 0.717) is 25.1 Å². The summed E-state index contributed by atoms with van der Waals surface area (Å²) >= 11 is 0. The molecule has 2 heterocycles. The van der Waals surface area contributed by atoms with Gasteiger partial charge in [-0.3, -0.25) is 9.59 Å². The molecule has 0 amide bonds. The number of esters is 1. The van der Waals surface area contributed by atoms with E-state index in [1.165, 1.54) is 7.11 Å². The molecule has 5 heteroatoms. The zero-order valence-corrected chi connectivity index (χ0v) is 14.5. The maximum atomic E-state index is 13.0. The average molecular weight is 338 g/mol. The van der Waals surface area contributed by atoms with Crippen LogP contribution in [0.15, 0.2) is 35.9 Å². The number of aromatic amines is 1. The number of carbonyl (C=O) groups excluding carboxylic acids is 2. The summed E-state index contributed by atoms with van der Waals surface area (Å²) in [6.07, 6.45) is 2.99. The smallest absolute Gasteiger partial charge is 0.310 e. The van der Waals surface area contributed by atoms with Gasteiger partial charge in [0.25, 0.3) is 0 Å². The minimum atomic E-state index is -0.337. The van der Waals surface area contributed by atoms with Gasteiger partial charge in [-0.15, -0.1) is 0 Å². The number of carbonyl (C=O) groups is 2. The topological polar surface area (TPSA) is 71.2 Å². The van der Waals surface area contributed by atoms with Crippen LogP contribution < -0.4 is 5.32 Å². The first-order chi connectivity index (χ1) is 12.1. The lowest BCUT2D eigenvalue weighted by atomic mass is 9.71. The Morgan fingerprint density at radius 3 is 2.84 bits per heavy atom. The standard InChI is InChI=1S/C20H22N2O3/c1-3-11-10-21-16-8-14-12-6-4-5-7-15(12)22-19(14)17(23)9-13(11)18(16)20(24)25-2/h3-7,13,16,18,21-22H,8-10H2,1-2H3/b11-3+/t13-,16-,18+/m0/s1. The summed E-state index contributed by atoms with van der Waals surface area (Å²) in [5, 5.41) is 4.56. The molecule has 130 valence electrons. The first-order valence-electron chi connectivity index (χ1n) is 8.73. The Bertz CT molecular complexity index is 880. The van der Waals surface area contributed by atoms with E-state index in [1.54, 1.807) is 0 Å². The van der Waals surface area contributed by atoms with Crippen molar-refractivity contribution in [2.45, 2.75) is 25.8 Å². The number of benzene rings is 1. The zero-order valence-electron chi connectivity index (χ0n) is 14.5. The van der Waals surface area contributed by atoms with Gasteiger partial charge in [0.1, 0.15) is 0 Å². The van der Waals surface area contributed by atoms with E-state index >= 15 is 0 Å². The summed E-state index contributed by atoms with van der Waals surface area (Å²) in [7, 11) is 1.42. The second kappa shape index (κ2) is 6.15. The maximum absolute atomic E-state index is 13.0. The molecule has 1 saturated heterocycles. The molecule has 1 aliphatic carbocycles. The van der Waals surface area contributed by atoms with Gasteiger partial charge in [-0.2, -0.15) is 0 Å². The average Bonchev–Trinajstić information content (AvgIpc) is 2.99. The van der Waals surface area contributed by atoms with E-state index in [-0.39, 0.29) is 29.6 Å². The van der Waals surface area contributed by atoms with Crippen LogP contribution >= 0.6 is 0 Å². The third kappa shape index (κ3) is 2.50. The van der Waals surface area contributed by atoms with Gasteiger partial charge in [0, 0.05) is 35.8 Å². The van der Waals surface area contributed by atoms with E-state index in [1.807, 2.05) is 37.3 Å². The summed E-state index contributed by atoms with van der Waals surface area (Å²) in [6, 6.07) is 7.92. The highest BCUT2D eigenvalue weighted by Crippen LogP contribution is 2.38. The van der Waals surface area contributed by atoms with E-state index in [9.17, 15) is 9.59 Å². The number of piperidine rings is 1. The Morgan fingerprint density at radius 1 is 1.28 bits per heavy atom. The molecule has 4 rings (SSSR count). The molecule has 0 saturated carbocycles. The number of nitrogens with one attached hydrogen (secondary N) is 2. The van der Waals surface area contributed by atoms with Crippen LogP contribution in [0.2, 0.25) is 0 Å². The quantitative estimate of drug-likeness (QED) is 0.619. The second-order valence-corrected chi connectivity index (χ2v) is 6.86. The van der Waals surface area contributed by atoms with E-state index < -0.39 is 0 Å². The Morgan fingerprint density at radius 2 is 2.08 bits per heavy atom. The van der Waals surface area contributed by atoms with Crippen molar-refractivity contribution in [3.05, 3.63) is 47.2 Å². The Labute approximate surface area is 146 Å². The van der Waals surface area contributed by atoms with Gasteiger partial charge in [-0.25, -0.2) is 0 Å². The van der Waals surface area contributed by atoms with Crippen molar-refractivity contribution in [3.8, 4) is 0 Å². The minimum Gasteiger partial charge on any atom is -0.469 e. The van der Waals surface area contributed by atoms with Crippen LogP contribution in [0.5, 0.6) is 0 Å². The predicted octanol–water partition coefficient (Wildman–Crippen LogP) is 2.62. The number of para-hydroxylation sites is 1. The van der Waals surface area contributed by atoms with Crippen LogP contribution in [-0.4, -0.2) is 36.4 Å². The maximum Gasteiger partial charge on any atom is 0.310 e. The van der Waals surface area contributed by atoms with Crippen LogP contribution in [0.4, 0.5) is 0 Å².